The van der Waals surface area contributed by atoms with Crippen LogP contribution in [-0.4, -0.2) is 17.4 Å². The average Bonchev–Trinajstić information content (AvgIpc) is 2.16. The number of hydrogen-bond acceptors (Lipinski definition) is 3. The van der Waals surface area contributed by atoms with Gasteiger partial charge in [-0.1, -0.05) is 6.07 Å². The normalized spacial score (nSPS) is 14.9. The SMILES string of the molecule is Cc1cc2c(nc1C(N)=O)CNCC2. The topological polar surface area (TPSA) is 68.0 Å². The standard InChI is InChI=1S/C10H13N3O/c1-6-4-7-2-3-12-5-8(7)13-9(6)10(11)14/h4,12H,2-3,5H2,1H3,(H2,11,14). The van der Waals surface area contributed by atoms with E-state index in [2.05, 4.69) is 10.3 Å². The van der Waals surface area contributed by atoms with Crippen LogP contribution in [0.25, 0.3) is 0 Å². The molecule has 1 aliphatic rings. The van der Waals surface area contributed by atoms with Crippen molar-refractivity contribution in [2.24, 2.45) is 5.73 Å². The third kappa shape index (κ3) is 1.48. The number of hydrogen-bond donors (Lipinski definition) is 2. The van der Waals surface area contributed by atoms with Gasteiger partial charge in [0.05, 0.1) is 5.69 Å². The van der Waals surface area contributed by atoms with Gasteiger partial charge in [-0.05, 0) is 31.0 Å². The monoisotopic (exact) mass is 191 g/mol. The molecule has 0 saturated carbocycles. The Labute approximate surface area is 82.5 Å². The third-order valence-corrected chi connectivity index (χ3v) is 2.48. The van der Waals surface area contributed by atoms with Gasteiger partial charge in [-0.2, -0.15) is 0 Å². The summed E-state index contributed by atoms with van der Waals surface area (Å²) in [4.78, 5) is 15.3. The van der Waals surface area contributed by atoms with Crippen LogP contribution in [0.1, 0.15) is 27.3 Å². The van der Waals surface area contributed by atoms with Gasteiger partial charge in [0.2, 0.25) is 0 Å². The lowest BCUT2D eigenvalue weighted by atomic mass is 10.0. The van der Waals surface area contributed by atoms with E-state index in [1.807, 2.05) is 13.0 Å². The van der Waals surface area contributed by atoms with Crippen LogP contribution in [0.2, 0.25) is 0 Å². The number of nitrogens with one attached hydrogen (secondary N) is 1. The maximum absolute atomic E-state index is 11.0. The molecule has 0 radical (unpaired) electrons. The zero-order valence-electron chi connectivity index (χ0n) is 8.13. The lowest BCUT2D eigenvalue weighted by molar-refractivity contribution is 0.0994. The largest absolute Gasteiger partial charge is 0.364 e. The molecule has 1 amide bonds. The van der Waals surface area contributed by atoms with E-state index in [4.69, 9.17) is 5.73 Å². The molecule has 0 aromatic carbocycles. The molecule has 4 heteroatoms. The summed E-state index contributed by atoms with van der Waals surface area (Å²) in [5.41, 5.74) is 8.68. The second-order valence-corrected chi connectivity index (χ2v) is 3.55. The van der Waals surface area contributed by atoms with Gasteiger partial charge in [0.15, 0.2) is 0 Å². The molecule has 1 aromatic rings. The number of fused-ring (bicyclic) bond motifs is 1. The van der Waals surface area contributed by atoms with E-state index < -0.39 is 5.91 Å². The molecule has 0 atom stereocenters. The lowest BCUT2D eigenvalue weighted by Crippen LogP contribution is -2.26. The summed E-state index contributed by atoms with van der Waals surface area (Å²) in [6, 6.07) is 2.02. The van der Waals surface area contributed by atoms with Crippen molar-refractivity contribution in [3.63, 3.8) is 0 Å². The molecule has 0 bridgehead atoms. The van der Waals surface area contributed by atoms with Crippen molar-refractivity contribution in [1.82, 2.24) is 10.3 Å². The lowest BCUT2D eigenvalue weighted by Gasteiger charge is -2.17. The number of carbonyl (C=O) groups excluding carboxylic acids is 1. The molecular formula is C10H13N3O. The molecule has 4 nitrogen and oxygen atoms in total. The summed E-state index contributed by atoms with van der Waals surface area (Å²) in [5.74, 6) is -0.448. The van der Waals surface area contributed by atoms with Gasteiger partial charge in [-0.25, -0.2) is 4.98 Å². The molecule has 0 fully saturated rings. The highest BCUT2D eigenvalue weighted by molar-refractivity contribution is 5.92. The molecular weight excluding hydrogens is 178 g/mol. The van der Waals surface area contributed by atoms with E-state index >= 15 is 0 Å². The second kappa shape index (κ2) is 3.38. The first-order valence-corrected chi connectivity index (χ1v) is 4.68. The minimum atomic E-state index is -0.448. The highest BCUT2D eigenvalue weighted by Gasteiger charge is 2.15. The number of primary amides is 1. The van der Waals surface area contributed by atoms with Crippen LogP contribution in [0.15, 0.2) is 6.07 Å². The average molecular weight is 191 g/mol. The Balaban J connectivity index is 2.50. The van der Waals surface area contributed by atoms with E-state index in [1.165, 1.54) is 5.56 Å². The fourth-order valence-electron chi connectivity index (χ4n) is 1.76. The molecule has 14 heavy (non-hydrogen) atoms. The van der Waals surface area contributed by atoms with Crippen molar-refractivity contribution in [2.75, 3.05) is 6.54 Å². The first-order chi connectivity index (χ1) is 6.68. The van der Waals surface area contributed by atoms with Crippen molar-refractivity contribution in [1.29, 1.82) is 0 Å². The minimum absolute atomic E-state index is 0.396. The smallest absolute Gasteiger partial charge is 0.267 e. The van der Waals surface area contributed by atoms with E-state index in [1.54, 1.807) is 0 Å². The molecule has 0 saturated heterocycles. The number of aromatic nitrogens is 1. The number of pyridine rings is 1. The number of aryl methyl sites for hydroxylation is 1. The van der Waals surface area contributed by atoms with E-state index in [0.717, 1.165) is 30.8 Å². The van der Waals surface area contributed by atoms with Crippen molar-refractivity contribution >= 4 is 5.91 Å². The van der Waals surface area contributed by atoms with Gasteiger partial charge in [0.25, 0.3) is 5.91 Å². The van der Waals surface area contributed by atoms with Crippen molar-refractivity contribution in [3.8, 4) is 0 Å². The van der Waals surface area contributed by atoms with Gasteiger partial charge < -0.3 is 11.1 Å². The van der Waals surface area contributed by atoms with Gasteiger partial charge in [0, 0.05) is 6.54 Å². The Bertz CT molecular complexity index is 387. The third-order valence-electron chi connectivity index (χ3n) is 2.48. The number of nitrogens with two attached hydrogens (primary N) is 1. The number of nitrogens with zero attached hydrogens (tertiary/aromatic N) is 1. The van der Waals surface area contributed by atoms with E-state index in [9.17, 15) is 4.79 Å². The van der Waals surface area contributed by atoms with Crippen LogP contribution in [0, 0.1) is 6.92 Å². The molecule has 0 unspecified atom stereocenters. The Morgan fingerprint density at radius 3 is 3.14 bits per heavy atom. The van der Waals surface area contributed by atoms with Crippen molar-refractivity contribution in [3.05, 3.63) is 28.6 Å². The summed E-state index contributed by atoms with van der Waals surface area (Å²) in [6.45, 7) is 3.58. The van der Waals surface area contributed by atoms with Crippen molar-refractivity contribution < 1.29 is 4.79 Å². The highest BCUT2D eigenvalue weighted by Crippen LogP contribution is 2.15. The van der Waals surface area contributed by atoms with Crippen LogP contribution in [0.3, 0.4) is 0 Å². The quantitative estimate of drug-likeness (QED) is 0.663. The molecule has 1 aromatic heterocycles. The molecule has 1 aliphatic heterocycles. The maximum atomic E-state index is 11.0. The van der Waals surface area contributed by atoms with Crippen molar-refractivity contribution in [2.45, 2.75) is 19.9 Å². The Hall–Kier alpha value is -1.42. The molecule has 74 valence electrons. The number of amides is 1. The summed E-state index contributed by atoms with van der Waals surface area (Å²) in [7, 11) is 0. The maximum Gasteiger partial charge on any atom is 0.267 e. The zero-order chi connectivity index (χ0) is 10.1. The second-order valence-electron chi connectivity index (χ2n) is 3.55. The van der Waals surface area contributed by atoms with E-state index in [-0.39, 0.29) is 0 Å². The molecule has 2 rings (SSSR count). The van der Waals surface area contributed by atoms with Gasteiger partial charge >= 0.3 is 0 Å². The first kappa shape index (κ1) is 9.15. The van der Waals surface area contributed by atoms with Crippen LogP contribution in [-0.2, 0) is 13.0 Å². The van der Waals surface area contributed by atoms with Gasteiger partial charge in [-0.15, -0.1) is 0 Å². The summed E-state index contributed by atoms with van der Waals surface area (Å²) in [5, 5.41) is 3.21. The summed E-state index contributed by atoms with van der Waals surface area (Å²) < 4.78 is 0. The van der Waals surface area contributed by atoms with Crippen LogP contribution in [0.5, 0.6) is 0 Å². The van der Waals surface area contributed by atoms with Crippen LogP contribution >= 0.6 is 0 Å². The Kier molecular flexibility index (Phi) is 2.21. The fraction of sp³-hybridized carbons (Fsp3) is 0.400. The minimum Gasteiger partial charge on any atom is -0.364 e. The summed E-state index contributed by atoms with van der Waals surface area (Å²) in [6.07, 6.45) is 0.974. The molecule has 0 spiro atoms. The molecule has 3 N–H and O–H groups in total. The van der Waals surface area contributed by atoms with Gasteiger partial charge in [0.1, 0.15) is 5.69 Å². The Morgan fingerprint density at radius 2 is 2.43 bits per heavy atom. The van der Waals surface area contributed by atoms with Crippen LogP contribution in [0.4, 0.5) is 0 Å². The number of rotatable bonds is 1. The predicted molar refractivity (Wildman–Crippen MR) is 52.9 cm³/mol. The first-order valence-electron chi connectivity index (χ1n) is 4.68. The number of carbonyl (C=O) groups is 1. The van der Waals surface area contributed by atoms with E-state index in [0.29, 0.717) is 5.69 Å². The molecule has 0 aliphatic carbocycles. The highest BCUT2D eigenvalue weighted by atomic mass is 16.1. The predicted octanol–water partition coefficient (Wildman–Crippen LogP) is 0.135. The van der Waals surface area contributed by atoms with Crippen LogP contribution < -0.4 is 11.1 Å². The zero-order valence-corrected chi connectivity index (χ0v) is 8.13. The Morgan fingerprint density at radius 1 is 1.64 bits per heavy atom. The van der Waals surface area contributed by atoms with Gasteiger partial charge in [-0.3, -0.25) is 4.79 Å². The molecule has 2 heterocycles. The fourth-order valence-corrected chi connectivity index (χ4v) is 1.76. The summed E-state index contributed by atoms with van der Waals surface area (Å²) >= 11 is 0.